The van der Waals surface area contributed by atoms with Gasteiger partial charge >= 0.3 is 6.18 Å². The van der Waals surface area contributed by atoms with Crippen molar-refractivity contribution in [1.82, 2.24) is 9.88 Å². The highest BCUT2D eigenvalue weighted by atomic mass is 79.9. The van der Waals surface area contributed by atoms with Crippen molar-refractivity contribution >= 4 is 21.8 Å². The molecule has 1 aromatic rings. The molecular formula is C10H10BrF3N2O. The van der Waals surface area contributed by atoms with Crippen LogP contribution >= 0.6 is 15.9 Å². The zero-order valence-electron chi connectivity index (χ0n) is 8.72. The van der Waals surface area contributed by atoms with Crippen molar-refractivity contribution in [2.24, 2.45) is 0 Å². The van der Waals surface area contributed by atoms with Gasteiger partial charge in [0.1, 0.15) is 12.2 Å². The highest BCUT2D eigenvalue weighted by Gasteiger charge is 2.31. The number of carbonyl (C=O) groups is 1. The molecule has 17 heavy (non-hydrogen) atoms. The Hall–Kier alpha value is -0.980. The summed E-state index contributed by atoms with van der Waals surface area (Å²) in [6.45, 7) is -1.31. The minimum absolute atomic E-state index is 0.243. The number of hydrogen-bond donors (Lipinski definition) is 1. The highest BCUT2D eigenvalue weighted by molar-refractivity contribution is 9.10. The molecule has 1 heterocycles. The number of hydrogen-bond acceptors (Lipinski definition) is 1. The van der Waals surface area contributed by atoms with E-state index in [1.165, 1.54) is 6.07 Å². The first-order valence-corrected chi connectivity index (χ1v) is 5.88. The maximum Gasteiger partial charge on any atom is 0.405 e. The molecule has 0 aliphatic heterocycles. The Morgan fingerprint density at radius 2 is 2.18 bits per heavy atom. The number of nitrogens with one attached hydrogen (secondary N) is 1. The fraction of sp³-hybridized carbons (Fsp3) is 0.500. The Balaban J connectivity index is 2.08. The van der Waals surface area contributed by atoms with Crippen LogP contribution in [0.3, 0.4) is 0 Å². The van der Waals surface area contributed by atoms with Gasteiger partial charge in [-0.3, -0.25) is 4.79 Å². The molecule has 7 heteroatoms. The van der Waals surface area contributed by atoms with Crippen LogP contribution < -0.4 is 5.32 Å². The molecule has 1 aromatic heterocycles. The van der Waals surface area contributed by atoms with Crippen LogP contribution in [0, 0.1) is 0 Å². The van der Waals surface area contributed by atoms with Crippen LogP contribution in [0.15, 0.2) is 16.7 Å². The van der Waals surface area contributed by atoms with E-state index in [0.29, 0.717) is 4.47 Å². The molecule has 1 saturated carbocycles. The van der Waals surface area contributed by atoms with Crippen molar-refractivity contribution in [3.05, 3.63) is 22.4 Å². The first-order valence-electron chi connectivity index (χ1n) is 5.09. The summed E-state index contributed by atoms with van der Waals surface area (Å²) in [5.41, 5.74) is 0.267. The largest absolute Gasteiger partial charge is 0.405 e. The third-order valence-electron chi connectivity index (χ3n) is 2.44. The maximum absolute atomic E-state index is 12.0. The number of amides is 1. The second-order valence-electron chi connectivity index (χ2n) is 3.98. The Labute approximate surface area is 104 Å². The van der Waals surface area contributed by atoms with Gasteiger partial charge in [0.15, 0.2) is 0 Å². The van der Waals surface area contributed by atoms with Gasteiger partial charge in [-0.15, -0.1) is 0 Å². The number of rotatable bonds is 3. The molecule has 0 radical (unpaired) electrons. The van der Waals surface area contributed by atoms with E-state index in [4.69, 9.17) is 0 Å². The quantitative estimate of drug-likeness (QED) is 0.915. The molecule has 1 N–H and O–H groups in total. The monoisotopic (exact) mass is 310 g/mol. The van der Waals surface area contributed by atoms with Crippen molar-refractivity contribution in [1.29, 1.82) is 0 Å². The molecule has 0 unspecified atom stereocenters. The Bertz CT molecular complexity index is 437. The van der Waals surface area contributed by atoms with E-state index < -0.39 is 18.6 Å². The van der Waals surface area contributed by atoms with Gasteiger partial charge in [-0.05, 0) is 34.8 Å². The summed E-state index contributed by atoms with van der Waals surface area (Å²) in [7, 11) is 0. The molecule has 1 aliphatic rings. The zero-order chi connectivity index (χ0) is 12.6. The minimum Gasteiger partial charge on any atom is -0.342 e. The Morgan fingerprint density at radius 3 is 2.71 bits per heavy atom. The van der Waals surface area contributed by atoms with Crippen molar-refractivity contribution in [2.45, 2.75) is 25.1 Å². The molecule has 2 rings (SSSR count). The summed E-state index contributed by atoms with van der Waals surface area (Å²) in [6, 6.07) is 1.78. The van der Waals surface area contributed by atoms with Crippen molar-refractivity contribution < 1.29 is 18.0 Å². The minimum atomic E-state index is -4.39. The summed E-state index contributed by atoms with van der Waals surface area (Å²) in [4.78, 5) is 11.6. The van der Waals surface area contributed by atoms with Crippen molar-refractivity contribution in [2.75, 3.05) is 6.54 Å². The first kappa shape index (κ1) is 12.5. The van der Waals surface area contributed by atoms with Crippen molar-refractivity contribution in [3.63, 3.8) is 0 Å². The molecule has 94 valence electrons. The molecule has 1 amide bonds. The fourth-order valence-corrected chi connectivity index (χ4v) is 1.99. The molecule has 0 aromatic carbocycles. The van der Waals surface area contributed by atoms with E-state index in [-0.39, 0.29) is 11.7 Å². The number of aromatic nitrogens is 1. The molecule has 0 bridgehead atoms. The summed E-state index contributed by atoms with van der Waals surface area (Å²) < 4.78 is 38.3. The summed E-state index contributed by atoms with van der Waals surface area (Å²) >= 11 is 3.21. The molecule has 1 aliphatic carbocycles. The number of carbonyl (C=O) groups excluding carboxylic acids is 1. The van der Waals surface area contributed by atoms with Crippen molar-refractivity contribution in [3.8, 4) is 0 Å². The average Bonchev–Trinajstić information content (AvgIpc) is 2.97. The van der Waals surface area contributed by atoms with E-state index in [0.717, 1.165) is 12.8 Å². The molecule has 3 nitrogen and oxygen atoms in total. The molecule has 0 atom stereocenters. The van der Waals surface area contributed by atoms with Crippen LogP contribution in [0.25, 0.3) is 0 Å². The van der Waals surface area contributed by atoms with Gasteiger partial charge in [-0.25, -0.2) is 0 Å². The zero-order valence-corrected chi connectivity index (χ0v) is 10.3. The van der Waals surface area contributed by atoms with Gasteiger partial charge < -0.3 is 9.88 Å². The van der Waals surface area contributed by atoms with Gasteiger partial charge in [0, 0.05) is 16.7 Å². The first-order chi connectivity index (χ1) is 7.87. The van der Waals surface area contributed by atoms with E-state index in [1.54, 1.807) is 10.8 Å². The predicted octanol–water partition coefficient (Wildman–Crippen LogP) is 2.88. The van der Waals surface area contributed by atoms with Crippen LogP contribution in [0.5, 0.6) is 0 Å². The third-order valence-corrected chi connectivity index (χ3v) is 2.87. The smallest absolute Gasteiger partial charge is 0.342 e. The predicted molar refractivity (Wildman–Crippen MR) is 58.8 cm³/mol. The second kappa shape index (κ2) is 4.36. The van der Waals surface area contributed by atoms with Gasteiger partial charge in [-0.2, -0.15) is 13.2 Å². The third kappa shape index (κ3) is 3.24. The summed E-state index contributed by atoms with van der Waals surface area (Å²) in [6.07, 6.45) is -0.745. The van der Waals surface area contributed by atoms with Gasteiger partial charge in [0.25, 0.3) is 5.91 Å². The number of halogens is 4. The van der Waals surface area contributed by atoms with E-state index in [2.05, 4.69) is 15.9 Å². The lowest BCUT2D eigenvalue weighted by molar-refractivity contribution is -0.123. The van der Waals surface area contributed by atoms with Gasteiger partial charge in [0.05, 0.1) is 0 Å². The normalized spacial score (nSPS) is 16.0. The van der Waals surface area contributed by atoms with Crippen LogP contribution in [-0.4, -0.2) is 23.2 Å². The van der Waals surface area contributed by atoms with E-state index in [1.807, 2.05) is 5.32 Å². The van der Waals surface area contributed by atoms with E-state index in [9.17, 15) is 18.0 Å². The second-order valence-corrected chi connectivity index (χ2v) is 4.90. The Morgan fingerprint density at radius 1 is 1.53 bits per heavy atom. The number of nitrogens with zero attached hydrogens (tertiary/aromatic N) is 1. The lowest BCUT2D eigenvalue weighted by atomic mass is 10.4. The van der Waals surface area contributed by atoms with Crippen LogP contribution in [0.2, 0.25) is 0 Å². The summed E-state index contributed by atoms with van der Waals surface area (Å²) in [5, 5.41) is 1.87. The van der Waals surface area contributed by atoms with E-state index >= 15 is 0 Å². The van der Waals surface area contributed by atoms with Crippen LogP contribution in [0.4, 0.5) is 13.2 Å². The molecule has 1 fully saturated rings. The number of alkyl halides is 3. The highest BCUT2D eigenvalue weighted by Crippen LogP contribution is 2.37. The maximum atomic E-state index is 12.0. The van der Waals surface area contributed by atoms with Gasteiger partial charge in [0.2, 0.25) is 0 Å². The molecular weight excluding hydrogens is 301 g/mol. The SMILES string of the molecule is O=C(NCC(F)(F)F)c1cc(Br)cn1C1CC1. The van der Waals surface area contributed by atoms with Crippen LogP contribution in [0.1, 0.15) is 29.4 Å². The van der Waals surface area contributed by atoms with Crippen LogP contribution in [-0.2, 0) is 0 Å². The lowest BCUT2D eigenvalue weighted by Crippen LogP contribution is -2.34. The topological polar surface area (TPSA) is 34.0 Å². The fourth-order valence-electron chi connectivity index (χ4n) is 1.55. The lowest BCUT2D eigenvalue weighted by Gasteiger charge is -2.10. The Kier molecular flexibility index (Phi) is 3.20. The standard InChI is InChI=1S/C10H10BrF3N2O/c11-6-3-8(16(4-6)7-1-2-7)9(17)15-5-10(12,13)14/h3-4,7H,1-2,5H2,(H,15,17). The molecule has 0 saturated heterocycles. The average molecular weight is 311 g/mol. The summed E-state index contributed by atoms with van der Waals surface area (Å²) in [5.74, 6) is -0.695. The van der Waals surface area contributed by atoms with Gasteiger partial charge in [-0.1, -0.05) is 0 Å². The molecule has 0 spiro atoms.